The number of rotatable bonds is 4. The summed E-state index contributed by atoms with van der Waals surface area (Å²) in [5, 5.41) is 19.4. The molecule has 1 atom stereocenters. The molecule has 8 heteroatoms. The van der Waals surface area contributed by atoms with Gasteiger partial charge in [-0.25, -0.2) is 4.68 Å². The Hall–Kier alpha value is -2.77. The third kappa shape index (κ3) is 3.48. The van der Waals surface area contributed by atoms with E-state index in [1.165, 1.54) is 11.8 Å². The molecule has 0 saturated carbocycles. The van der Waals surface area contributed by atoms with E-state index in [-0.39, 0.29) is 11.5 Å². The van der Waals surface area contributed by atoms with Crippen LogP contribution in [0.5, 0.6) is 5.75 Å². The molecule has 0 radical (unpaired) electrons. The molecule has 152 valence electrons. The first kappa shape index (κ1) is 19.2. The van der Waals surface area contributed by atoms with E-state index in [0.717, 1.165) is 29.7 Å². The summed E-state index contributed by atoms with van der Waals surface area (Å²) < 4.78 is 1.76. The number of nitrogens with one attached hydrogen (secondary N) is 1. The number of allylic oxidation sites excluding steroid dienone is 2. The second-order valence-corrected chi connectivity index (χ2v) is 8.68. The van der Waals surface area contributed by atoms with Crippen molar-refractivity contribution in [1.29, 1.82) is 0 Å². The number of phenolic OH excluding ortho intramolecular Hbond substituents is 1. The Morgan fingerprint density at radius 2 is 2.07 bits per heavy atom. The number of ketones is 1. The number of hydrogen-bond donors (Lipinski definition) is 2. The molecule has 2 N–H and O–H groups in total. The molecule has 1 aliphatic carbocycles. The van der Waals surface area contributed by atoms with Crippen LogP contribution in [0.1, 0.15) is 36.4 Å². The van der Waals surface area contributed by atoms with Gasteiger partial charge in [0.05, 0.1) is 0 Å². The first-order valence-corrected chi connectivity index (χ1v) is 11.1. The van der Waals surface area contributed by atoms with E-state index in [1.807, 2.05) is 30.3 Å². The third-order valence-corrected chi connectivity index (χ3v) is 6.60. The molecule has 0 fully saturated rings. The van der Waals surface area contributed by atoms with Crippen LogP contribution in [-0.4, -0.2) is 25.7 Å². The fourth-order valence-electron chi connectivity index (χ4n) is 3.96. The summed E-state index contributed by atoms with van der Waals surface area (Å²) in [6.07, 6.45) is 2.14. The Balaban J connectivity index is 1.52. The maximum Gasteiger partial charge on any atom is 0.227 e. The minimum atomic E-state index is -0.404. The van der Waals surface area contributed by atoms with Crippen LogP contribution in [0, 0.1) is 0 Å². The molecule has 3 aromatic rings. The lowest BCUT2D eigenvalue weighted by Crippen LogP contribution is -2.31. The van der Waals surface area contributed by atoms with E-state index >= 15 is 0 Å². The summed E-state index contributed by atoms with van der Waals surface area (Å²) in [5.41, 5.74) is 3.45. The van der Waals surface area contributed by atoms with E-state index in [9.17, 15) is 9.90 Å². The lowest BCUT2D eigenvalue weighted by atomic mass is 9.85. The number of benzene rings is 2. The van der Waals surface area contributed by atoms with Gasteiger partial charge in [0.2, 0.25) is 11.1 Å². The summed E-state index contributed by atoms with van der Waals surface area (Å²) in [6, 6.07) is 14.3. The zero-order chi connectivity index (χ0) is 20.7. The number of anilines is 1. The number of carbonyl (C=O) groups is 1. The molecule has 5 rings (SSSR count). The van der Waals surface area contributed by atoms with Crippen LogP contribution in [0.3, 0.4) is 0 Å². The number of carbonyl (C=O) groups excluding carboxylic acids is 1. The second kappa shape index (κ2) is 7.81. The molecule has 0 bridgehead atoms. The quantitative estimate of drug-likeness (QED) is 0.561. The van der Waals surface area contributed by atoms with Crippen molar-refractivity contribution >= 4 is 35.1 Å². The molecule has 1 unspecified atom stereocenters. The van der Waals surface area contributed by atoms with Crippen LogP contribution in [0.2, 0.25) is 5.02 Å². The summed E-state index contributed by atoms with van der Waals surface area (Å²) in [6.45, 7) is 0. The number of phenols is 1. The fraction of sp³-hybridized carbons (Fsp3) is 0.227. The maximum absolute atomic E-state index is 12.8. The smallest absolute Gasteiger partial charge is 0.227 e. The van der Waals surface area contributed by atoms with Gasteiger partial charge in [0.15, 0.2) is 5.78 Å². The van der Waals surface area contributed by atoms with Gasteiger partial charge in [-0.15, -0.1) is 5.10 Å². The van der Waals surface area contributed by atoms with E-state index in [1.54, 1.807) is 22.9 Å². The average molecular weight is 439 g/mol. The molecule has 1 aromatic heterocycles. The zero-order valence-electron chi connectivity index (χ0n) is 16.0. The number of aromatic hydroxyl groups is 1. The molecule has 30 heavy (non-hydrogen) atoms. The Morgan fingerprint density at radius 1 is 1.20 bits per heavy atom. The Bertz CT molecular complexity index is 1170. The molecular formula is C22H19ClN4O2S. The molecule has 0 spiro atoms. The molecule has 2 aromatic carbocycles. The van der Waals surface area contributed by atoms with Crippen molar-refractivity contribution in [3.05, 3.63) is 76.0 Å². The lowest BCUT2D eigenvalue weighted by Gasteiger charge is -2.32. The number of halogens is 1. The van der Waals surface area contributed by atoms with Crippen molar-refractivity contribution in [3.8, 4) is 5.75 Å². The van der Waals surface area contributed by atoms with Crippen molar-refractivity contribution < 1.29 is 9.90 Å². The van der Waals surface area contributed by atoms with Gasteiger partial charge in [0, 0.05) is 28.5 Å². The first-order valence-electron chi connectivity index (χ1n) is 9.75. The van der Waals surface area contributed by atoms with E-state index in [4.69, 9.17) is 16.7 Å². The van der Waals surface area contributed by atoms with Crippen molar-refractivity contribution in [3.63, 3.8) is 0 Å². The molecule has 6 nitrogen and oxygen atoms in total. The van der Waals surface area contributed by atoms with Gasteiger partial charge in [0.25, 0.3) is 0 Å². The van der Waals surface area contributed by atoms with Gasteiger partial charge in [-0.3, -0.25) is 4.79 Å². The Kier molecular flexibility index (Phi) is 5.00. The van der Waals surface area contributed by atoms with Gasteiger partial charge in [-0.05, 0) is 42.2 Å². The Morgan fingerprint density at radius 3 is 2.90 bits per heavy atom. The van der Waals surface area contributed by atoms with Crippen molar-refractivity contribution in [1.82, 2.24) is 14.8 Å². The summed E-state index contributed by atoms with van der Waals surface area (Å²) >= 11 is 7.76. The minimum absolute atomic E-state index is 0.114. The van der Waals surface area contributed by atoms with Crippen LogP contribution < -0.4 is 5.32 Å². The monoisotopic (exact) mass is 438 g/mol. The average Bonchev–Trinajstić information content (AvgIpc) is 3.14. The van der Waals surface area contributed by atoms with Crippen molar-refractivity contribution in [2.45, 2.75) is 36.2 Å². The standard InChI is InChI=1S/C22H19ClN4O2S/c23-16-8-2-1-5-14(16)12-30-22-25-21-24-17-9-4-10-18(29)19(17)20(27(21)26-22)13-6-3-7-15(28)11-13/h1-3,5-8,11,20,28H,4,9-10,12H2,(H,24,25,26). The molecule has 2 aliphatic rings. The highest BCUT2D eigenvalue weighted by molar-refractivity contribution is 7.98. The topological polar surface area (TPSA) is 80.0 Å². The molecular weight excluding hydrogens is 420 g/mol. The SMILES string of the molecule is O=C1CCCC2=C1C(c1cccc(O)c1)n1nc(SCc3ccccc3Cl)nc1N2. The molecule has 2 heterocycles. The van der Waals surface area contributed by atoms with Gasteiger partial charge < -0.3 is 10.4 Å². The van der Waals surface area contributed by atoms with Crippen LogP contribution >= 0.6 is 23.4 Å². The van der Waals surface area contributed by atoms with E-state index in [0.29, 0.717) is 33.9 Å². The highest BCUT2D eigenvalue weighted by Crippen LogP contribution is 2.41. The number of fused-ring (bicyclic) bond motifs is 1. The summed E-state index contributed by atoms with van der Waals surface area (Å²) in [7, 11) is 0. The van der Waals surface area contributed by atoms with Gasteiger partial charge in [-0.1, -0.05) is 53.7 Å². The predicted molar refractivity (Wildman–Crippen MR) is 117 cm³/mol. The van der Waals surface area contributed by atoms with Crippen molar-refractivity contribution in [2.24, 2.45) is 0 Å². The number of aromatic nitrogens is 3. The Labute approximate surface area is 183 Å². The van der Waals surface area contributed by atoms with Crippen LogP contribution in [0.25, 0.3) is 0 Å². The first-order chi connectivity index (χ1) is 14.6. The summed E-state index contributed by atoms with van der Waals surface area (Å²) in [4.78, 5) is 17.5. The summed E-state index contributed by atoms with van der Waals surface area (Å²) in [5.74, 6) is 1.53. The van der Waals surface area contributed by atoms with Crippen LogP contribution in [0.15, 0.2) is 65.0 Å². The number of hydrogen-bond acceptors (Lipinski definition) is 6. The lowest BCUT2D eigenvalue weighted by molar-refractivity contribution is -0.116. The molecule has 1 aliphatic heterocycles. The van der Waals surface area contributed by atoms with E-state index < -0.39 is 6.04 Å². The molecule has 0 saturated heterocycles. The van der Waals surface area contributed by atoms with Gasteiger partial charge in [-0.2, -0.15) is 4.98 Å². The number of Topliss-reactive ketones (excluding diaryl/α,β-unsaturated/α-hetero) is 1. The number of nitrogens with zero attached hydrogens (tertiary/aromatic N) is 3. The van der Waals surface area contributed by atoms with Gasteiger partial charge >= 0.3 is 0 Å². The largest absolute Gasteiger partial charge is 0.508 e. The van der Waals surface area contributed by atoms with Gasteiger partial charge in [0.1, 0.15) is 11.8 Å². The zero-order valence-corrected chi connectivity index (χ0v) is 17.6. The fourth-order valence-corrected chi connectivity index (χ4v) is 5.07. The minimum Gasteiger partial charge on any atom is -0.508 e. The third-order valence-electron chi connectivity index (χ3n) is 5.35. The molecule has 0 amide bonds. The highest BCUT2D eigenvalue weighted by atomic mass is 35.5. The maximum atomic E-state index is 12.8. The van der Waals surface area contributed by atoms with Crippen molar-refractivity contribution in [2.75, 3.05) is 5.32 Å². The van der Waals surface area contributed by atoms with Crippen LogP contribution in [0.4, 0.5) is 5.95 Å². The number of thioether (sulfide) groups is 1. The van der Waals surface area contributed by atoms with E-state index in [2.05, 4.69) is 10.3 Å². The predicted octanol–water partition coefficient (Wildman–Crippen LogP) is 4.95. The van der Waals surface area contributed by atoms with Crippen LogP contribution in [-0.2, 0) is 10.5 Å². The second-order valence-electron chi connectivity index (χ2n) is 7.33. The normalized spacial score (nSPS) is 18.0. The highest BCUT2D eigenvalue weighted by Gasteiger charge is 2.36.